The van der Waals surface area contributed by atoms with E-state index in [1.165, 1.54) is 72.2 Å². The van der Waals surface area contributed by atoms with Gasteiger partial charge in [0.2, 0.25) is 0 Å². The molecule has 0 radical (unpaired) electrons. The zero-order valence-corrected chi connectivity index (χ0v) is 30.1. The van der Waals surface area contributed by atoms with E-state index in [0.717, 1.165) is 30.0 Å². The number of rotatable bonds is 6. The van der Waals surface area contributed by atoms with E-state index in [1.807, 2.05) is 0 Å². The number of hydrogen-bond donors (Lipinski definition) is 0. The smallest absolute Gasteiger partial charge is 0.0523 e. The fourth-order valence-electron chi connectivity index (χ4n) is 8.77. The zero-order valence-electron chi connectivity index (χ0n) is 30.1. The standard InChI is InChI=1S/C51H40N2/c1-51(2)48-15-9-8-14-46(48)47-31-30-44(34-49(47)51)53(42-26-20-36(21-27-42)35-10-4-3-5-11-35)43-28-22-38(23-29-43)37-18-24-41(25-19-37)52-33-32-40-17-16-39-12-6-7-13-45(39)50(40)52/h3-31,34H,32-33H2,1-2H3. The molecule has 0 spiro atoms. The van der Waals surface area contributed by atoms with Gasteiger partial charge < -0.3 is 9.80 Å². The average Bonchev–Trinajstić information content (AvgIpc) is 3.76. The maximum atomic E-state index is 2.49. The third-order valence-corrected chi connectivity index (χ3v) is 11.6. The molecule has 1 aliphatic heterocycles. The first-order chi connectivity index (χ1) is 26.0. The Hall–Kier alpha value is -6.38. The van der Waals surface area contributed by atoms with Gasteiger partial charge in [-0.25, -0.2) is 0 Å². The maximum absolute atomic E-state index is 2.49. The van der Waals surface area contributed by atoms with Gasteiger partial charge in [-0.3, -0.25) is 0 Å². The van der Waals surface area contributed by atoms with Gasteiger partial charge in [0.05, 0.1) is 5.69 Å². The summed E-state index contributed by atoms with van der Waals surface area (Å²) in [5.41, 5.74) is 17.7. The molecule has 8 aromatic carbocycles. The van der Waals surface area contributed by atoms with Crippen LogP contribution in [0.4, 0.5) is 28.4 Å². The second kappa shape index (κ2) is 12.4. The predicted molar refractivity (Wildman–Crippen MR) is 224 cm³/mol. The monoisotopic (exact) mass is 680 g/mol. The predicted octanol–water partition coefficient (Wildman–Crippen LogP) is 13.6. The average molecular weight is 681 g/mol. The lowest BCUT2D eigenvalue weighted by Crippen LogP contribution is -2.16. The van der Waals surface area contributed by atoms with Crippen molar-refractivity contribution in [3.8, 4) is 33.4 Å². The first-order valence-corrected chi connectivity index (χ1v) is 18.7. The van der Waals surface area contributed by atoms with Crippen molar-refractivity contribution in [2.45, 2.75) is 25.7 Å². The lowest BCUT2D eigenvalue weighted by atomic mass is 9.82. The van der Waals surface area contributed by atoms with Crippen LogP contribution >= 0.6 is 0 Å². The molecule has 53 heavy (non-hydrogen) atoms. The van der Waals surface area contributed by atoms with Gasteiger partial charge in [-0.15, -0.1) is 0 Å². The molecule has 10 rings (SSSR count). The quantitative estimate of drug-likeness (QED) is 0.172. The molecule has 254 valence electrons. The number of hydrogen-bond acceptors (Lipinski definition) is 2. The lowest BCUT2D eigenvalue weighted by Gasteiger charge is -2.28. The van der Waals surface area contributed by atoms with Gasteiger partial charge in [-0.2, -0.15) is 0 Å². The van der Waals surface area contributed by atoms with E-state index < -0.39 is 0 Å². The van der Waals surface area contributed by atoms with Gasteiger partial charge in [0, 0.05) is 40.1 Å². The van der Waals surface area contributed by atoms with Crippen LogP contribution in [0.15, 0.2) is 182 Å². The van der Waals surface area contributed by atoms with Crippen molar-refractivity contribution in [2.24, 2.45) is 0 Å². The summed E-state index contributed by atoms with van der Waals surface area (Å²) in [4.78, 5) is 4.89. The fourth-order valence-corrected chi connectivity index (χ4v) is 8.77. The molecule has 1 aliphatic carbocycles. The topological polar surface area (TPSA) is 6.48 Å². The number of benzene rings is 8. The van der Waals surface area contributed by atoms with E-state index in [2.05, 4.69) is 206 Å². The summed E-state index contributed by atoms with van der Waals surface area (Å²) in [6.07, 6.45) is 1.07. The van der Waals surface area contributed by atoms with Gasteiger partial charge in [-0.1, -0.05) is 147 Å². The highest BCUT2D eigenvalue weighted by molar-refractivity contribution is 5.99. The minimum Gasteiger partial charge on any atom is -0.340 e. The Labute approximate surface area is 312 Å². The zero-order chi connectivity index (χ0) is 35.5. The Bertz CT molecular complexity index is 2620. The van der Waals surface area contributed by atoms with Crippen molar-refractivity contribution in [2.75, 3.05) is 16.3 Å². The lowest BCUT2D eigenvalue weighted by molar-refractivity contribution is 0.660. The van der Waals surface area contributed by atoms with Gasteiger partial charge in [0.25, 0.3) is 0 Å². The highest BCUT2D eigenvalue weighted by atomic mass is 15.2. The van der Waals surface area contributed by atoms with E-state index in [9.17, 15) is 0 Å². The first kappa shape index (κ1) is 31.4. The second-order valence-corrected chi connectivity index (χ2v) is 14.9. The van der Waals surface area contributed by atoms with Crippen molar-refractivity contribution >= 4 is 39.2 Å². The van der Waals surface area contributed by atoms with Crippen LogP contribution in [-0.2, 0) is 11.8 Å². The molecule has 0 fully saturated rings. The van der Waals surface area contributed by atoms with Crippen LogP contribution in [0.3, 0.4) is 0 Å². The molecular formula is C51H40N2. The van der Waals surface area contributed by atoms with Crippen LogP contribution in [0.25, 0.3) is 44.2 Å². The maximum Gasteiger partial charge on any atom is 0.0523 e. The molecule has 0 unspecified atom stereocenters. The summed E-state index contributed by atoms with van der Waals surface area (Å²) in [5.74, 6) is 0. The van der Waals surface area contributed by atoms with Gasteiger partial charge in [0.1, 0.15) is 0 Å². The molecule has 0 N–H and O–H groups in total. The Kier molecular flexibility index (Phi) is 7.33. The molecule has 0 bridgehead atoms. The van der Waals surface area contributed by atoms with Crippen LogP contribution in [0.2, 0.25) is 0 Å². The molecule has 1 heterocycles. The van der Waals surface area contributed by atoms with Crippen LogP contribution < -0.4 is 9.80 Å². The SMILES string of the molecule is CC1(C)c2ccccc2-c2ccc(N(c3ccc(-c4ccccc4)cc3)c3ccc(-c4ccc(N5CCc6ccc7ccccc7c65)cc4)cc3)cc21. The number of anilines is 5. The van der Waals surface area contributed by atoms with Crippen LogP contribution in [-0.4, -0.2) is 6.54 Å². The molecular weight excluding hydrogens is 641 g/mol. The third-order valence-electron chi connectivity index (χ3n) is 11.6. The molecule has 2 aliphatic rings. The molecule has 0 aromatic heterocycles. The minimum atomic E-state index is -0.0783. The molecule has 2 nitrogen and oxygen atoms in total. The Balaban J connectivity index is 0.997. The molecule has 0 saturated heterocycles. The van der Waals surface area contributed by atoms with Crippen molar-refractivity contribution in [3.63, 3.8) is 0 Å². The summed E-state index contributed by atoms with van der Waals surface area (Å²) in [6.45, 7) is 5.71. The molecule has 0 amide bonds. The van der Waals surface area contributed by atoms with Crippen molar-refractivity contribution in [1.29, 1.82) is 0 Å². The van der Waals surface area contributed by atoms with E-state index in [1.54, 1.807) is 0 Å². The number of nitrogens with zero attached hydrogens (tertiary/aromatic N) is 2. The highest BCUT2D eigenvalue weighted by Gasteiger charge is 2.35. The van der Waals surface area contributed by atoms with Crippen LogP contribution in [0.5, 0.6) is 0 Å². The van der Waals surface area contributed by atoms with Crippen LogP contribution in [0.1, 0.15) is 30.5 Å². The fraction of sp³-hybridized carbons (Fsp3) is 0.0980. The normalized spacial score (nSPS) is 13.8. The summed E-state index contributed by atoms with van der Waals surface area (Å²) in [6, 6.07) is 67.0. The largest absolute Gasteiger partial charge is 0.340 e. The van der Waals surface area contributed by atoms with E-state index in [0.29, 0.717) is 0 Å². The third kappa shape index (κ3) is 5.25. The number of fused-ring (bicyclic) bond motifs is 6. The Morgan fingerprint density at radius 1 is 0.472 bits per heavy atom. The van der Waals surface area contributed by atoms with Crippen molar-refractivity contribution < 1.29 is 0 Å². The summed E-state index contributed by atoms with van der Waals surface area (Å²) < 4.78 is 0. The van der Waals surface area contributed by atoms with E-state index >= 15 is 0 Å². The summed E-state index contributed by atoms with van der Waals surface area (Å²) >= 11 is 0. The molecule has 8 aromatic rings. The van der Waals surface area contributed by atoms with E-state index in [-0.39, 0.29) is 5.41 Å². The van der Waals surface area contributed by atoms with Gasteiger partial charge >= 0.3 is 0 Å². The molecule has 0 saturated carbocycles. The van der Waals surface area contributed by atoms with Crippen molar-refractivity contribution in [3.05, 3.63) is 199 Å². The minimum absolute atomic E-state index is 0.0783. The van der Waals surface area contributed by atoms with Crippen LogP contribution in [0, 0.1) is 0 Å². The highest BCUT2D eigenvalue weighted by Crippen LogP contribution is 2.51. The van der Waals surface area contributed by atoms with Gasteiger partial charge in [-0.05, 0) is 110 Å². The first-order valence-electron chi connectivity index (χ1n) is 18.7. The van der Waals surface area contributed by atoms with Crippen molar-refractivity contribution in [1.82, 2.24) is 0 Å². The Morgan fingerprint density at radius 3 is 1.75 bits per heavy atom. The summed E-state index contributed by atoms with van der Waals surface area (Å²) in [5, 5.41) is 2.63. The molecule has 0 atom stereocenters. The Morgan fingerprint density at radius 2 is 1.04 bits per heavy atom. The second-order valence-electron chi connectivity index (χ2n) is 14.9. The summed E-state index contributed by atoms with van der Waals surface area (Å²) in [7, 11) is 0. The van der Waals surface area contributed by atoms with Gasteiger partial charge in [0.15, 0.2) is 0 Å². The van der Waals surface area contributed by atoms with E-state index in [4.69, 9.17) is 0 Å². The molecule has 2 heteroatoms.